The predicted molar refractivity (Wildman–Crippen MR) is 87.6 cm³/mol. The number of aryl methyl sites for hydroxylation is 1. The van der Waals surface area contributed by atoms with Gasteiger partial charge in [0.25, 0.3) is 0 Å². The third-order valence-electron chi connectivity index (χ3n) is 4.21. The van der Waals surface area contributed by atoms with Crippen molar-refractivity contribution in [1.82, 2.24) is 20.0 Å². The summed E-state index contributed by atoms with van der Waals surface area (Å²) in [6.45, 7) is 5.39. The Hall–Kier alpha value is -1.52. The molecule has 2 heterocycles. The topological polar surface area (TPSA) is 45.5 Å². The third-order valence-corrected chi connectivity index (χ3v) is 4.21. The lowest BCUT2D eigenvalue weighted by Crippen LogP contribution is -2.40. The van der Waals surface area contributed by atoms with E-state index in [1.54, 1.807) is 0 Å². The van der Waals surface area contributed by atoms with Gasteiger partial charge in [0, 0.05) is 45.8 Å². The average molecular weight is 291 g/mol. The van der Waals surface area contributed by atoms with E-state index in [0.717, 1.165) is 25.6 Å². The van der Waals surface area contributed by atoms with Crippen molar-refractivity contribution in [2.45, 2.75) is 44.9 Å². The SMILES string of the molecule is CCCCCCNC(=NC)N1CCC(c2cnn(C)c2)C1. The van der Waals surface area contributed by atoms with E-state index in [0.29, 0.717) is 5.92 Å². The molecule has 1 aliphatic heterocycles. The Morgan fingerprint density at radius 1 is 1.43 bits per heavy atom. The predicted octanol–water partition coefficient (Wildman–Crippen LogP) is 2.37. The van der Waals surface area contributed by atoms with Crippen LogP contribution in [0.25, 0.3) is 0 Å². The number of hydrogen-bond acceptors (Lipinski definition) is 2. The fraction of sp³-hybridized carbons (Fsp3) is 0.750. The number of nitrogens with one attached hydrogen (secondary N) is 1. The first kappa shape index (κ1) is 15.9. The molecule has 1 atom stereocenters. The van der Waals surface area contributed by atoms with Crippen molar-refractivity contribution >= 4 is 5.96 Å². The van der Waals surface area contributed by atoms with E-state index in [2.05, 4.69) is 33.4 Å². The molecule has 1 fully saturated rings. The molecule has 5 nitrogen and oxygen atoms in total. The highest BCUT2D eigenvalue weighted by molar-refractivity contribution is 5.80. The van der Waals surface area contributed by atoms with E-state index in [1.807, 2.05) is 25.0 Å². The summed E-state index contributed by atoms with van der Waals surface area (Å²) in [5, 5.41) is 7.78. The Balaban J connectivity index is 1.78. The van der Waals surface area contributed by atoms with Crippen LogP contribution in [0.3, 0.4) is 0 Å². The van der Waals surface area contributed by atoms with E-state index in [4.69, 9.17) is 0 Å². The highest BCUT2D eigenvalue weighted by atomic mass is 15.3. The molecule has 1 aromatic heterocycles. The second-order valence-corrected chi connectivity index (χ2v) is 5.91. The van der Waals surface area contributed by atoms with Crippen molar-refractivity contribution in [1.29, 1.82) is 0 Å². The Labute approximate surface area is 128 Å². The zero-order valence-corrected chi connectivity index (χ0v) is 13.7. The van der Waals surface area contributed by atoms with Crippen molar-refractivity contribution in [3.8, 4) is 0 Å². The van der Waals surface area contributed by atoms with Crippen LogP contribution in [0, 0.1) is 0 Å². The van der Waals surface area contributed by atoms with Crippen molar-refractivity contribution in [2.24, 2.45) is 12.0 Å². The maximum Gasteiger partial charge on any atom is 0.193 e. The number of aliphatic imine (C=N–C) groups is 1. The molecule has 0 aliphatic carbocycles. The van der Waals surface area contributed by atoms with Gasteiger partial charge in [0.1, 0.15) is 0 Å². The lowest BCUT2D eigenvalue weighted by molar-refractivity contribution is 0.483. The van der Waals surface area contributed by atoms with Gasteiger partial charge in [-0.3, -0.25) is 9.67 Å². The molecule has 0 bridgehead atoms. The van der Waals surface area contributed by atoms with Gasteiger partial charge in [-0.25, -0.2) is 0 Å². The summed E-state index contributed by atoms with van der Waals surface area (Å²) in [6.07, 6.45) is 10.5. The molecule has 1 unspecified atom stereocenters. The lowest BCUT2D eigenvalue weighted by atomic mass is 10.0. The molecule has 0 amide bonds. The zero-order valence-electron chi connectivity index (χ0n) is 13.7. The highest BCUT2D eigenvalue weighted by Crippen LogP contribution is 2.26. The molecule has 21 heavy (non-hydrogen) atoms. The first-order valence-corrected chi connectivity index (χ1v) is 8.18. The molecular weight excluding hydrogens is 262 g/mol. The summed E-state index contributed by atoms with van der Waals surface area (Å²) in [4.78, 5) is 6.80. The second-order valence-electron chi connectivity index (χ2n) is 5.91. The van der Waals surface area contributed by atoms with Crippen LogP contribution >= 0.6 is 0 Å². The minimum Gasteiger partial charge on any atom is -0.356 e. The minimum atomic E-state index is 0.581. The second kappa shape index (κ2) is 8.05. The number of aromatic nitrogens is 2. The number of likely N-dealkylation sites (tertiary alicyclic amines) is 1. The van der Waals surface area contributed by atoms with Crippen molar-refractivity contribution in [3.05, 3.63) is 18.0 Å². The number of guanidine groups is 1. The van der Waals surface area contributed by atoms with Gasteiger partial charge in [-0.15, -0.1) is 0 Å². The molecule has 1 saturated heterocycles. The van der Waals surface area contributed by atoms with E-state index in [9.17, 15) is 0 Å². The molecule has 0 radical (unpaired) electrons. The molecule has 118 valence electrons. The number of rotatable bonds is 6. The van der Waals surface area contributed by atoms with E-state index in [1.165, 1.54) is 37.7 Å². The molecule has 2 rings (SSSR count). The molecule has 0 saturated carbocycles. The van der Waals surface area contributed by atoms with Crippen molar-refractivity contribution in [2.75, 3.05) is 26.7 Å². The first-order chi connectivity index (χ1) is 10.2. The number of unbranched alkanes of at least 4 members (excludes halogenated alkanes) is 3. The Kier molecular flexibility index (Phi) is 6.08. The fourth-order valence-corrected chi connectivity index (χ4v) is 2.96. The van der Waals surface area contributed by atoms with Crippen LogP contribution in [-0.4, -0.2) is 47.3 Å². The van der Waals surface area contributed by atoms with E-state index in [-0.39, 0.29) is 0 Å². The standard InChI is InChI=1S/C16H29N5/c1-4-5-6-7-9-18-16(17-2)21-10-8-14(13-21)15-11-19-20(3)12-15/h11-12,14H,4-10,13H2,1-3H3,(H,17,18). The van der Waals surface area contributed by atoms with Crippen LogP contribution in [0.1, 0.15) is 50.5 Å². The summed E-state index contributed by atoms with van der Waals surface area (Å²) in [7, 11) is 3.86. The van der Waals surface area contributed by atoms with Crippen LogP contribution in [0.4, 0.5) is 0 Å². The van der Waals surface area contributed by atoms with Gasteiger partial charge in [-0.1, -0.05) is 26.2 Å². The normalized spacial score (nSPS) is 19.3. The van der Waals surface area contributed by atoms with Crippen LogP contribution in [0.15, 0.2) is 17.4 Å². The Morgan fingerprint density at radius 2 is 2.29 bits per heavy atom. The van der Waals surface area contributed by atoms with E-state index >= 15 is 0 Å². The number of hydrogen-bond donors (Lipinski definition) is 1. The molecule has 5 heteroatoms. The maximum absolute atomic E-state index is 4.43. The van der Waals surface area contributed by atoms with Gasteiger partial charge in [-0.05, 0) is 18.4 Å². The largest absolute Gasteiger partial charge is 0.356 e. The third kappa shape index (κ3) is 4.48. The van der Waals surface area contributed by atoms with E-state index < -0.39 is 0 Å². The zero-order chi connectivity index (χ0) is 15.1. The molecule has 1 aromatic rings. The van der Waals surface area contributed by atoms with Gasteiger partial charge < -0.3 is 10.2 Å². The Morgan fingerprint density at radius 3 is 2.95 bits per heavy atom. The number of nitrogens with zero attached hydrogens (tertiary/aromatic N) is 4. The minimum absolute atomic E-state index is 0.581. The summed E-state index contributed by atoms with van der Waals surface area (Å²) in [5.74, 6) is 1.63. The fourth-order valence-electron chi connectivity index (χ4n) is 2.96. The summed E-state index contributed by atoms with van der Waals surface area (Å²) in [6, 6.07) is 0. The smallest absolute Gasteiger partial charge is 0.193 e. The van der Waals surface area contributed by atoms with Crippen molar-refractivity contribution in [3.63, 3.8) is 0 Å². The van der Waals surface area contributed by atoms with Crippen LogP contribution in [-0.2, 0) is 7.05 Å². The summed E-state index contributed by atoms with van der Waals surface area (Å²) >= 11 is 0. The Bertz CT molecular complexity index is 451. The van der Waals surface area contributed by atoms with Crippen LogP contribution in [0.5, 0.6) is 0 Å². The molecule has 1 N–H and O–H groups in total. The van der Waals surface area contributed by atoms with Gasteiger partial charge in [0.15, 0.2) is 5.96 Å². The lowest BCUT2D eigenvalue weighted by Gasteiger charge is -2.21. The van der Waals surface area contributed by atoms with Crippen molar-refractivity contribution < 1.29 is 0 Å². The first-order valence-electron chi connectivity index (χ1n) is 8.18. The summed E-state index contributed by atoms with van der Waals surface area (Å²) in [5.41, 5.74) is 1.35. The van der Waals surface area contributed by atoms with Gasteiger partial charge in [0.05, 0.1) is 6.20 Å². The quantitative estimate of drug-likeness (QED) is 0.497. The van der Waals surface area contributed by atoms with Gasteiger partial charge in [-0.2, -0.15) is 5.10 Å². The average Bonchev–Trinajstić information content (AvgIpc) is 3.12. The van der Waals surface area contributed by atoms with Crippen LogP contribution in [0.2, 0.25) is 0 Å². The van der Waals surface area contributed by atoms with Gasteiger partial charge in [0.2, 0.25) is 0 Å². The molecule has 0 spiro atoms. The molecule has 0 aromatic carbocycles. The van der Waals surface area contributed by atoms with Gasteiger partial charge >= 0.3 is 0 Å². The molecule has 1 aliphatic rings. The highest BCUT2D eigenvalue weighted by Gasteiger charge is 2.26. The maximum atomic E-state index is 4.43. The summed E-state index contributed by atoms with van der Waals surface area (Å²) < 4.78 is 1.89. The van der Waals surface area contributed by atoms with Crippen LogP contribution < -0.4 is 5.32 Å². The molecular formula is C16H29N5. The monoisotopic (exact) mass is 291 g/mol.